The molecule has 1 aromatic heterocycles. The maximum Gasteiger partial charge on any atom is 0.296 e. The van der Waals surface area contributed by atoms with Crippen molar-refractivity contribution in [2.24, 2.45) is 5.92 Å². The molecule has 0 bridgehead atoms. The molecule has 1 atom stereocenters. The number of halogens is 1. The highest BCUT2D eigenvalue weighted by molar-refractivity contribution is 7.13. The van der Waals surface area contributed by atoms with Crippen LogP contribution in [0.15, 0.2) is 41.1 Å². The standard InChI is InChI=1S/C16H12ClN3O3S/c17-10-5-3-8(4-6-10)12-11(13(21)9-1-2-9)14(22)15(23)20(12)16-19-18-7-24-16/h3-7,9,12,22H,1-2H2. The predicted molar refractivity (Wildman–Crippen MR) is 89.0 cm³/mol. The van der Waals surface area contributed by atoms with Crippen molar-refractivity contribution in [2.75, 3.05) is 4.90 Å². The molecule has 0 saturated heterocycles. The van der Waals surface area contributed by atoms with Crippen molar-refractivity contribution >= 4 is 39.8 Å². The number of nitrogens with zero attached hydrogens (tertiary/aromatic N) is 3. The number of aliphatic hydroxyl groups is 1. The Bertz CT molecular complexity index is 844. The molecule has 1 aliphatic carbocycles. The Morgan fingerprint density at radius 2 is 2.00 bits per heavy atom. The zero-order valence-electron chi connectivity index (χ0n) is 12.3. The second-order valence-electron chi connectivity index (χ2n) is 5.75. The van der Waals surface area contributed by atoms with Crippen molar-refractivity contribution in [3.05, 3.63) is 51.7 Å². The molecule has 1 N–H and O–H groups in total. The lowest BCUT2D eigenvalue weighted by molar-refractivity contribution is -0.118. The largest absolute Gasteiger partial charge is 0.503 e. The van der Waals surface area contributed by atoms with Gasteiger partial charge in [-0.1, -0.05) is 35.1 Å². The molecule has 4 rings (SSSR count). The van der Waals surface area contributed by atoms with Gasteiger partial charge in [0.2, 0.25) is 5.13 Å². The second kappa shape index (κ2) is 5.68. The van der Waals surface area contributed by atoms with Crippen LogP contribution < -0.4 is 4.90 Å². The van der Waals surface area contributed by atoms with Gasteiger partial charge in [0.15, 0.2) is 11.5 Å². The van der Waals surface area contributed by atoms with Crippen LogP contribution in [0.4, 0.5) is 5.13 Å². The van der Waals surface area contributed by atoms with Crippen LogP contribution in [-0.2, 0) is 9.59 Å². The minimum Gasteiger partial charge on any atom is -0.503 e. The fourth-order valence-corrected chi connectivity index (χ4v) is 3.56. The number of hydrogen-bond acceptors (Lipinski definition) is 6. The third kappa shape index (κ3) is 2.40. The number of anilines is 1. The quantitative estimate of drug-likeness (QED) is 0.904. The topological polar surface area (TPSA) is 83.4 Å². The van der Waals surface area contributed by atoms with Gasteiger partial charge < -0.3 is 5.11 Å². The van der Waals surface area contributed by atoms with Crippen molar-refractivity contribution in [3.8, 4) is 0 Å². The van der Waals surface area contributed by atoms with Gasteiger partial charge in [0.25, 0.3) is 5.91 Å². The Kier molecular flexibility index (Phi) is 3.62. The lowest BCUT2D eigenvalue weighted by Gasteiger charge is -2.24. The van der Waals surface area contributed by atoms with Crippen LogP contribution in [0.2, 0.25) is 5.02 Å². The predicted octanol–water partition coefficient (Wildman–Crippen LogP) is 3.07. The molecule has 1 aromatic carbocycles. The molecule has 0 radical (unpaired) electrons. The first kappa shape index (κ1) is 15.3. The van der Waals surface area contributed by atoms with Crippen molar-refractivity contribution in [1.82, 2.24) is 10.2 Å². The number of carbonyl (C=O) groups is 2. The zero-order chi connectivity index (χ0) is 16.8. The normalized spacial score (nSPS) is 20.8. The van der Waals surface area contributed by atoms with E-state index in [-0.39, 0.29) is 17.3 Å². The van der Waals surface area contributed by atoms with E-state index in [0.29, 0.717) is 15.7 Å². The molecular formula is C16H12ClN3O3S. The van der Waals surface area contributed by atoms with Crippen molar-refractivity contribution < 1.29 is 14.7 Å². The fraction of sp³-hybridized carbons (Fsp3) is 0.250. The second-order valence-corrected chi connectivity index (χ2v) is 7.00. The zero-order valence-corrected chi connectivity index (χ0v) is 13.9. The van der Waals surface area contributed by atoms with E-state index in [1.807, 2.05) is 0 Å². The van der Waals surface area contributed by atoms with Gasteiger partial charge in [-0.2, -0.15) is 0 Å². The van der Waals surface area contributed by atoms with E-state index >= 15 is 0 Å². The first-order chi connectivity index (χ1) is 11.6. The van der Waals surface area contributed by atoms with Crippen molar-refractivity contribution in [1.29, 1.82) is 0 Å². The molecule has 1 unspecified atom stereocenters. The molecule has 122 valence electrons. The number of amides is 1. The van der Waals surface area contributed by atoms with Gasteiger partial charge in [-0.3, -0.25) is 14.5 Å². The number of aliphatic hydroxyl groups excluding tert-OH is 1. The summed E-state index contributed by atoms with van der Waals surface area (Å²) in [4.78, 5) is 26.6. The van der Waals surface area contributed by atoms with Gasteiger partial charge in [0, 0.05) is 10.9 Å². The van der Waals surface area contributed by atoms with Gasteiger partial charge in [-0.05, 0) is 30.5 Å². The van der Waals surface area contributed by atoms with Crippen LogP contribution in [0.1, 0.15) is 24.4 Å². The summed E-state index contributed by atoms with van der Waals surface area (Å²) in [6, 6.07) is 6.15. The molecule has 2 aromatic rings. The van der Waals surface area contributed by atoms with Gasteiger partial charge >= 0.3 is 0 Å². The number of aromatic nitrogens is 2. The lowest BCUT2D eigenvalue weighted by atomic mass is 9.94. The van der Waals surface area contributed by atoms with Gasteiger partial charge in [-0.15, -0.1) is 10.2 Å². The maximum atomic E-state index is 12.7. The Morgan fingerprint density at radius 3 is 2.58 bits per heavy atom. The molecule has 0 spiro atoms. The van der Waals surface area contributed by atoms with Crippen LogP contribution >= 0.6 is 22.9 Å². The van der Waals surface area contributed by atoms with Crippen molar-refractivity contribution in [3.63, 3.8) is 0 Å². The molecule has 8 heteroatoms. The average Bonchev–Trinajstić information content (AvgIpc) is 3.23. The van der Waals surface area contributed by atoms with Crippen molar-refractivity contribution in [2.45, 2.75) is 18.9 Å². The highest BCUT2D eigenvalue weighted by Gasteiger charge is 2.48. The smallest absolute Gasteiger partial charge is 0.296 e. The van der Waals surface area contributed by atoms with E-state index in [1.165, 1.54) is 21.7 Å². The van der Waals surface area contributed by atoms with Crippen LogP contribution in [0.3, 0.4) is 0 Å². The first-order valence-electron chi connectivity index (χ1n) is 7.40. The van der Waals surface area contributed by atoms with Gasteiger partial charge in [0.05, 0.1) is 11.6 Å². The summed E-state index contributed by atoms with van der Waals surface area (Å²) < 4.78 is 0. The van der Waals surface area contributed by atoms with E-state index in [9.17, 15) is 14.7 Å². The van der Waals surface area contributed by atoms with Crippen LogP contribution in [0.5, 0.6) is 0 Å². The highest BCUT2D eigenvalue weighted by atomic mass is 35.5. The third-order valence-corrected chi connectivity index (χ3v) is 5.10. The molecular weight excluding hydrogens is 350 g/mol. The van der Waals surface area contributed by atoms with E-state index in [4.69, 9.17) is 11.6 Å². The molecule has 1 aliphatic heterocycles. The minimum absolute atomic E-state index is 0.112. The summed E-state index contributed by atoms with van der Waals surface area (Å²) in [5, 5.41) is 18.9. The number of hydrogen-bond donors (Lipinski definition) is 1. The number of rotatable bonds is 4. The molecule has 6 nitrogen and oxygen atoms in total. The molecule has 1 fully saturated rings. The number of carbonyl (C=O) groups excluding carboxylic acids is 2. The Morgan fingerprint density at radius 1 is 1.29 bits per heavy atom. The lowest BCUT2D eigenvalue weighted by Crippen LogP contribution is -2.31. The summed E-state index contributed by atoms with van der Waals surface area (Å²) in [7, 11) is 0. The molecule has 1 saturated carbocycles. The Labute approximate surface area is 146 Å². The third-order valence-electron chi connectivity index (χ3n) is 4.16. The summed E-state index contributed by atoms with van der Waals surface area (Å²) in [5.74, 6) is -1.41. The van der Waals surface area contributed by atoms with Crippen LogP contribution in [-0.4, -0.2) is 27.0 Å². The molecule has 2 heterocycles. The summed E-state index contributed by atoms with van der Waals surface area (Å²) in [6.07, 6.45) is 1.58. The minimum atomic E-state index is -0.712. The van der Waals surface area contributed by atoms with E-state index in [1.54, 1.807) is 24.3 Å². The monoisotopic (exact) mass is 361 g/mol. The first-order valence-corrected chi connectivity index (χ1v) is 8.66. The average molecular weight is 362 g/mol. The van der Waals surface area contributed by atoms with Crippen LogP contribution in [0.25, 0.3) is 0 Å². The Balaban J connectivity index is 1.85. The van der Waals surface area contributed by atoms with E-state index < -0.39 is 17.7 Å². The maximum absolute atomic E-state index is 12.7. The van der Waals surface area contributed by atoms with Gasteiger partial charge in [-0.25, -0.2) is 0 Å². The molecule has 24 heavy (non-hydrogen) atoms. The van der Waals surface area contributed by atoms with Gasteiger partial charge in [0.1, 0.15) is 5.51 Å². The van der Waals surface area contributed by atoms with Crippen LogP contribution in [0, 0.1) is 5.92 Å². The molecule has 2 aliphatic rings. The van der Waals surface area contributed by atoms with E-state index in [2.05, 4.69) is 10.2 Å². The highest BCUT2D eigenvalue weighted by Crippen LogP contribution is 2.45. The molecule has 1 amide bonds. The summed E-state index contributed by atoms with van der Waals surface area (Å²) in [6.45, 7) is 0. The summed E-state index contributed by atoms with van der Waals surface area (Å²) in [5.41, 5.74) is 2.33. The number of ketones is 1. The summed E-state index contributed by atoms with van der Waals surface area (Å²) >= 11 is 7.11. The Hall–Kier alpha value is -2.25. The number of benzene rings is 1. The fourth-order valence-electron chi connectivity index (χ4n) is 2.85. The SMILES string of the molecule is O=C(C1=C(O)C(=O)N(c2nncs2)C1c1ccc(Cl)cc1)C1CC1. The number of Topliss-reactive ketones (excluding diaryl/α,β-unsaturated/α-hetero) is 1. The van der Waals surface area contributed by atoms with E-state index in [0.717, 1.165) is 12.8 Å².